The molecule has 3 N–H and O–H groups in total. The Morgan fingerprint density at radius 3 is 2.86 bits per heavy atom. The van der Waals surface area contributed by atoms with E-state index in [1.54, 1.807) is 25.3 Å². The number of carbonyl (C=O) groups excluding carboxylic acids is 1. The third-order valence-corrected chi connectivity index (χ3v) is 10.1. The van der Waals surface area contributed by atoms with E-state index in [2.05, 4.69) is 9.88 Å². The first-order chi connectivity index (χ1) is 20.4. The molecule has 8 rings (SSSR count). The molecule has 1 amide bonds. The maximum absolute atomic E-state index is 14.6. The summed E-state index contributed by atoms with van der Waals surface area (Å²) in [6, 6.07) is 16.8. The summed E-state index contributed by atoms with van der Waals surface area (Å²) in [5, 5.41) is 21.7. The standard InChI is InChI=1S/C32H33N5O5/c1-42-22-6-7-26-23(14-22)25-17-34(10-9-27(25)33-26)32(39)24-13-18-12-21(37(40)41)5-8-29(18)36-15-19-11-20(31(24)36)16-35-28(19)3-2-4-30(35)38/h2-8,12,14,19-20,24,31,33,37,40H,9-11,13,15-17H2,1H3/t19?,20?,24-,31+/m1/s1. The van der Waals surface area contributed by atoms with E-state index in [1.165, 1.54) is 0 Å². The number of hydrogen-bond donors (Lipinski definition) is 3. The molecule has 10 nitrogen and oxygen atoms in total. The highest BCUT2D eigenvalue weighted by Gasteiger charge is 2.50. The molecule has 2 bridgehead atoms. The van der Waals surface area contributed by atoms with Gasteiger partial charge in [-0.05, 0) is 54.7 Å². The quantitative estimate of drug-likeness (QED) is 0.328. The molecule has 6 heterocycles. The van der Waals surface area contributed by atoms with E-state index in [-0.39, 0.29) is 40.9 Å². The molecule has 1 fully saturated rings. The van der Waals surface area contributed by atoms with Crippen molar-refractivity contribution >= 4 is 28.2 Å². The minimum absolute atomic E-state index is 0.0131. The molecule has 0 spiro atoms. The molecule has 1 saturated heterocycles. The molecule has 2 aromatic heterocycles. The SMILES string of the molecule is COc1ccc2[nH]c3c(c2c1)CN(C(=O)[C@@H]1Cc2cc([NH+]([O-])O)ccc2N2CC4CC(Cn5c4cccc5=O)[C@@H]12)CC3. The maximum atomic E-state index is 14.6. The van der Waals surface area contributed by atoms with Crippen LogP contribution in [0.3, 0.4) is 0 Å². The van der Waals surface area contributed by atoms with Gasteiger partial charge in [-0.25, -0.2) is 5.21 Å². The van der Waals surface area contributed by atoms with E-state index in [9.17, 15) is 20.0 Å². The number of fused-ring (bicyclic) bond motifs is 11. The number of benzene rings is 2. The van der Waals surface area contributed by atoms with Crippen LogP contribution < -0.4 is 20.4 Å². The summed E-state index contributed by atoms with van der Waals surface area (Å²) in [5.74, 6) is 0.855. The van der Waals surface area contributed by atoms with Crippen LogP contribution in [0.5, 0.6) is 5.75 Å². The second-order valence-corrected chi connectivity index (χ2v) is 12.2. The number of piperidine rings is 1. The molecule has 3 unspecified atom stereocenters. The number of ether oxygens (including phenoxy) is 1. The number of aromatic nitrogens is 2. The fourth-order valence-electron chi connectivity index (χ4n) is 8.21. The first kappa shape index (κ1) is 25.6. The van der Waals surface area contributed by atoms with Gasteiger partial charge in [-0.15, -0.1) is 0 Å². The number of nitrogens with one attached hydrogen (secondary N) is 2. The molecule has 42 heavy (non-hydrogen) atoms. The summed E-state index contributed by atoms with van der Waals surface area (Å²) in [6.45, 7) is 2.42. The average Bonchev–Trinajstić information content (AvgIpc) is 3.37. The second-order valence-electron chi connectivity index (χ2n) is 12.2. The van der Waals surface area contributed by atoms with E-state index in [4.69, 9.17) is 4.74 Å². The Balaban J connectivity index is 1.18. The zero-order chi connectivity index (χ0) is 28.7. The Morgan fingerprint density at radius 2 is 2.02 bits per heavy atom. The lowest BCUT2D eigenvalue weighted by molar-refractivity contribution is -0.991. The number of methoxy groups -OCH3 is 1. The van der Waals surface area contributed by atoms with Crippen LogP contribution in [0.25, 0.3) is 10.9 Å². The molecule has 4 aromatic rings. The Bertz CT molecular complexity index is 1790. The number of aromatic amines is 1. The monoisotopic (exact) mass is 567 g/mol. The third-order valence-electron chi connectivity index (χ3n) is 10.1. The molecule has 0 aliphatic carbocycles. The van der Waals surface area contributed by atoms with E-state index >= 15 is 0 Å². The van der Waals surface area contributed by atoms with Crippen molar-refractivity contribution in [3.63, 3.8) is 0 Å². The minimum atomic E-state index is -0.968. The van der Waals surface area contributed by atoms with Crippen molar-refractivity contribution in [3.05, 3.63) is 92.7 Å². The van der Waals surface area contributed by atoms with E-state index in [0.29, 0.717) is 32.6 Å². The molecule has 0 radical (unpaired) electrons. The van der Waals surface area contributed by atoms with Crippen LogP contribution in [-0.2, 0) is 30.7 Å². The van der Waals surface area contributed by atoms with Crippen molar-refractivity contribution < 1.29 is 20.0 Å². The van der Waals surface area contributed by atoms with Crippen LogP contribution in [0.2, 0.25) is 0 Å². The van der Waals surface area contributed by atoms with Crippen LogP contribution >= 0.6 is 0 Å². The van der Waals surface area contributed by atoms with Gasteiger partial charge in [0.1, 0.15) is 5.75 Å². The number of amides is 1. The van der Waals surface area contributed by atoms with Gasteiger partial charge in [0, 0.05) is 96.3 Å². The number of quaternary nitrogens is 1. The van der Waals surface area contributed by atoms with E-state index < -0.39 is 5.23 Å². The molecule has 2 aromatic carbocycles. The summed E-state index contributed by atoms with van der Waals surface area (Å²) in [4.78, 5) is 35.3. The van der Waals surface area contributed by atoms with Crippen molar-refractivity contribution in [1.82, 2.24) is 14.5 Å². The van der Waals surface area contributed by atoms with Gasteiger partial charge >= 0.3 is 0 Å². The normalized spacial score (nSPS) is 24.8. The Kier molecular flexibility index (Phi) is 5.76. The highest BCUT2D eigenvalue weighted by molar-refractivity contribution is 5.88. The maximum Gasteiger partial charge on any atom is 0.250 e. The first-order valence-electron chi connectivity index (χ1n) is 14.7. The molecule has 5 atom stereocenters. The second kappa shape index (κ2) is 9.45. The molecule has 216 valence electrons. The largest absolute Gasteiger partial charge is 0.595 e. The first-order valence-corrected chi connectivity index (χ1v) is 14.7. The number of anilines is 1. The fourth-order valence-corrected chi connectivity index (χ4v) is 8.21. The predicted molar refractivity (Wildman–Crippen MR) is 156 cm³/mol. The minimum Gasteiger partial charge on any atom is -0.595 e. The lowest BCUT2D eigenvalue weighted by Crippen LogP contribution is -2.99. The molecular formula is C32H33N5O5. The van der Waals surface area contributed by atoms with Crippen LogP contribution in [0.4, 0.5) is 11.4 Å². The smallest absolute Gasteiger partial charge is 0.250 e. The summed E-state index contributed by atoms with van der Waals surface area (Å²) in [6.07, 6.45) is 2.16. The summed E-state index contributed by atoms with van der Waals surface area (Å²) >= 11 is 0. The van der Waals surface area contributed by atoms with Crippen LogP contribution in [0, 0.1) is 17.0 Å². The van der Waals surface area contributed by atoms with Gasteiger partial charge in [-0.1, -0.05) is 6.07 Å². The van der Waals surface area contributed by atoms with Crippen molar-refractivity contribution in [3.8, 4) is 5.75 Å². The van der Waals surface area contributed by atoms with Gasteiger partial charge in [0.05, 0.1) is 13.0 Å². The predicted octanol–water partition coefficient (Wildman–Crippen LogP) is 2.49. The van der Waals surface area contributed by atoms with Gasteiger partial charge < -0.3 is 29.3 Å². The zero-order valence-corrected chi connectivity index (χ0v) is 23.4. The Hall–Kier alpha value is -4.12. The number of pyridine rings is 1. The zero-order valence-electron chi connectivity index (χ0n) is 23.4. The lowest BCUT2D eigenvalue weighted by atomic mass is 9.69. The van der Waals surface area contributed by atoms with Crippen LogP contribution in [0.15, 0.2) is 59.4 Å². The molecular weight excluding hydrogens is 534 g/mol. The molecule has 4 aliphatic heterocycles. The van der Waals surface area contributed by atoms with Crippen molar-refractivity contribution in [2.45, 2.75) is 44.3 Å². The number of carbonyl (C=O) groups is 1. The van der Waals surface area contributed by atoms with Crippen molar-refractivity contribution in [2.24, 2.45) is 11.8 Å². The topological polar surface area (TPSA) is 118 Å². The average molecular weight is 568 g/mol. The number of hydrogen-bond acceptors (Lipinski definition) is 6. The summed E-state index contributed by atoms with van der Waals surface area (Å²) < 4.78 is 7.39. The fraction of sp³-hybridized carbons (Fsp3) is 0.375. The third kappa shape index (κ3) is 3.82. The lowest BCUT2D eigenvalue weighted by Gasteiger charge is -2.54. The van der Waals surface area contributed by atoms with Crippen LogP contribution in [-0.4, -0.2) is 51.8 Å². The van der Waals surface area contributed by atoms with Gasteiger partial charge in [-0.2, -0.15) is 5.23 Å². The number of H-pyrrole nitrogens is 1. The highest BCUT2D eigenvalue weighted by Crippen LogP contribution is 2.48. The summed E-state index contributed by atoms with van der Waals surface area (Å²) in [7, 11) is 1.66. The van der Waals surface area contributed by atoms with Gasteiger partial charge in [0.15, 0.2) is 5.69 Å². The van der Waals surface area contributed by atoms with Crippen LogP contribution in [0.1, 0.15) is 34.9 Å². The van der Waals surface area contributed by atoms with E-state index in [0.717, 1.165) is 57.7 Å². The molecule has 4 aliphatic rings. The van der Waals surface area contributed by atoms with Gasteiger partial charge in [0.25, 0.3) is 5.56 Å². The van der Waals surface area contributed by atoms with Gasteiger partial charge in [-0.3, -0.25) is 9.59 Å². The number of nitrogens with zero attached hydrogens (tertiary/aromatic N) is 3. The summed E-state index contributed by atoms with van der Waals surface area (Å²) in [5.41, 5.74) is 6.55. The van der Waals surface area contributed by atoms with E-state index in [1.807, 2.05) is 45.9 Å². The van der Waals surface area contributed by atoms with Crippen molar-refractivity contribution in [2.75, 3.05) is 25.1 Å². The molecule has 10 heteroatoms. The Morgan fingerprint density at radius 1 is 1.14 bits per heavy atom. The number of rotatable bonds is 3. The highest BCUT2D eigenvalue weighted by atomic mass is 16.8. The van der Waals surface area contributed by atoms with Gasteiger partial charge in [0.2, 0.25) is 5.91 Å². The molecule has 0 saturated carbocycles. The Labute approximate surface area is 242 Å². The van der Waals surface area contributed by atoms with Crippen molar-refractivity contribution in [1.29, 1.82) is 0 Å².